The van der Waals surface area contributed by atoms with E-state index >= 15 is 0 Å². The van der Waals surface area contributed by atoms with Gasteiger partial charge in [-0.15, -0.1) is 6.58 Å². The smallest absolute Gasteiger partial charge is 0.335 e. The van der Waals surface area contributed by atoms with Crippen molar-refractivity contribution in [1.82, 2.24) is 5.32 Å². The van der Waals surface area contributed by atoms with Crippen LogP contribution in [-0.4, -0.2) is 18.6 Å². The van der Waals surface area contributed by atoms with Gasteiger partial charge in [0.1, 0.15) is 0 Å². The van der Waals surface area contributed by atoms with Gasteiger partial charge in [0.25, 0.3) is 0 Å². The summed E-state index contributed by atoms with van der Waals surface area (Å²) in [5, 5.41) is 3.44. The lowest BCUT2D eigenvalue weighted by Crippen LogP contribution is -2.20. The predicted molar refractivity (Wildman–Crippen MR) is 92.6 cm³/mol. The Kier molecular flexibility index (Phi) is 9.69. The first-order chi connectivity index (χ1) is 10.7. The van der Waals surface area contributed by atoms with Gasteiger partial charge in [-0.2, -0.15) is 0 Å². The lowest BCUT2D eigenvalue weighted by Gasteiger charge is -2.12. The van der Waals surface area contributed by atoms with Crippen LogP contribution in [0.5, 0.6) is 0 Å². The summed E-state index contributed by atoms with van der Waals surface area (Å²) in [6, 6.07) is 0.476. The van der Waals surface area contributed by atoms with E-state index in [1.54, 1.807) is 0 Å². The molecule has 0 spiro atoms. The fourth-order valence-corrected chi connectivity index (χ4v) is 2.93. The Balaban J connectivity index is 2.33. The number of hydrogen-bond acceptors (Lipinski definition) is 3. The number of rotatable bonds is 11. The van der Waals surface area contributed by atoms with Crippen LogP contribution in [0, 0.1) is 0 Å². The van der Waals surface area contributed by atoms with Crippen molar-refractivity contribution in [2.24, 2.45) is 0 Å². The molecule has 1 N–H and O–H groups in total. The summed E-state index contributed by atoms with van der Waals surface area (Å²) in [6.45, 7) is 8.23. The third-order valence-electron chi connectivity index (χ3n) is 4.22. The van der Waals surface area contributed by atoms with E-state index in [0.29, 0.717) is 12.6 Å². The van der Waals surface area contributed by atoms with E-state index in [-0.39, 0.29) is 5.97 Å². The Morgan fingerprint density at radius 3 is 2.55 bits per heavy atom. The zero-order valence-electron chi connectivity index (χ0n) is 14.5. The van der Waals surface area contributed by atoms with Crippen LogP contribution in [0.3, 0.4) is 0 Å². The monoisotopic (exact) mass is 307 g/mol. The minimum atomic E-state index is -0.120. The van der Waals surface area contributed by atoms with Gasteiger partial charge >= 0.3 is 5.97 Å². The van der Waals surface area contributed by atoms with Gasteiger partial charge in [0.2, 0.25) is 0 Å². The molecule has 1 aliphatic rings. The van der Waals surface area contributed by atoms with Gasteiger partial charge in [-0.25, -0.2) is 4.79 Å². The second-order valence-electron chi connectivity index (χ2n) is 6.21. The van der Waals surface area contributed by atoms with Crippen LogP contribution in [0.25, 0.3) is 0 Å². The molecular formula is C19H33NO2. The fraction of sp³-hybridized carbons (Fsp3) is 0.737. The van der Waals surface area contributed by atoms with Crippen LogP contribution in [0.15, 0.2) is 23.9 Å². The van der Waals surface area contributed by atoms with E-state index in [9.17, 15) is 4.79 Å². The molecular weight excluding hydrogens is 274 g/mol. The Labute approximate surface area is 136 Å². The zero-order valence-corrected chi connectivity index (χ0v) is 14.5. The highest BCUT2D eigenvalue weighted by Gasteiger charge is 2.22. The molecule has 0 aromatic carbocycles. The Morgan fingerprint density at radius 1 is 1.27 bits per heavy atom. The van der Waals surface area contributed by atoms with Crippen molar-refractivity contribution in [3.8, 4) is 0 Å². The molecule has 3 heteroatoms. The van der Waals surface area contributed by atoms with Gasteiger partial charge in [0.15, 0.2) is 0 Å². The molecule has 1 atom stereocenters. The van der Waals surface area contributed by atoms with Crippen LogP contribution in [0.4, 0.5) is 0 Å². The summed E-state index contributed by atoms with van der Waals surface area (Å²) in [6.07, 6.45) is 13.4. The van der Waals surface area contributed by atoms with Crippen molar-refractivity contribution in [1.29, 1.82) is 0 Å². The first-order valence-corrected chi connectivity index (χ1v) is 8.95. The number of nitrogens with one attached hydrogen (secondary N) is 1. The topological polar surface area (TPSA) is 38.3 Å². The molecule has 1 rings (SSSR count). The number of allylic oxidation sites excluding steroid dienone is 2. The van der Waals surface area contributed by atoms with Crippen molar-refractivity contribution >= 4 is 5.97 Å². The summed E-state index contributed by atoms with van der Waals surface area (Å²) in [4.78, 5) is 12.1. The van der Waals surface area contributed by atoms with E-state index < -0.39 is 0 Å². The van der Waals surface area contributed by atoms with Crippen LogP contribution in [-0.2, 0) is 9.53 Å². The molecule has 0 radical (unpaired) electrons. The second kappa shape index (κ2) is 11.3. The highest BCUT2D eigenvalue weighted by molar-refractivity contribution is 5.89. The van der Waals surface area contributed by atoms with Gasteiger partial charge in [-0.05, 0) is 52.4 Å². The summed E-state index contributed by atoms with van der Waals surface area (Å²) in [7, 11) is 0. The van der Waals surface area contributed by atoms with Gasteiger partial charge < -0.3 is 10.1 Å². The van der Waals surface area contributed by atoms with Crippen LogP contribution in [0.2, 0.25) is 0 Å². The van der Waals surface area contributed by atoms with E-state index in [4.69, 9.17) is 4.74 Å². The fourth-order valence-electron chi connectivity index (χ4n) is 2.93. The lowest BCUT2D eigenvalue weighted by atomic mass is 10.0. The lowest BCUT2D eigenvalue weighted by molar-refractivity contribution is -0.138. The zero-order chi connectivity index (χ0) is 16.2. The van der Waals surface area contributed by atoms with Crippen molar-refractivity contribution < 1.29 is 9.53 Å². The molecule has 22 heavy (non-hydrogen) atoms. The molecule has 0 bridgehead atoms. The van der Waals surface area contributed by atoms with E-state index in [1.165, 1.54) is 32.1 Å². The largest absolute Gasteiger partial charge is 0.463 e. The standard InChI is InChI=1S/C19H33NO2/c1-4-6-7-8-9-10-11-12-13-17(19(21)22-5-2)18-15-14-16(3)20-18/h4,16,20H,1,5-15H2,2-3H3/b18-17-. The maximum absolute atomic E-state index is 12.1. The first-order valence-electron chi connectivity index (χ1n) is 8.95. The van der Waals surface area contributed by atoms with E-state index in [1.807, 2.05) is 13.0 Å². The molecule has 1 unspecified atom stereocenters. The van der Waals surface area contributed by atoms with Gasteiger partial charge in [0, 0.05) is 11.7 Å². The van der Waals surface area contributed by atoms with E-state index in [2.05, 4.69) is 18.8 Å². The average molecular weight is 307 g/mol. The Bertz CT molecular complexity index is 374. The molecule has 1 saturated heterocycles. The molecule has 0 amide bonds. The molecule has 0 saturated carbocycles. The number of esters is 1. The molecule has 0 aromatic heterocycles. The summed E-state index contributed by atoms with van der Waals surface area (Å²) < 4.78 is 5.23. The number of hydrogen-bond donors (Lipinski definition) is 1. The Morgan fingerprint density at radius 2 is 1.95 bits per heavy atom. The van der Waals surface area contributed by atoms with Crippen LogP contribution < -0.4 is 5.32 Å². The highest BCUT2D eigenvalue weighted by Crippen LogP contribution is 2.23. The highest BCUT2D eigenvalue weighted by atomic mass is 16.5. The van der Waals surface area contributed by atoms with E-state index in [0.717, 1.165) is 43.4 Å². The predicted octanol–water partition coefficient (Wildman–Crippen LogP) is 4.88. The molecule has 1 heterocycles. The molecule has 0 aliphatic carbocycles. The molecule has 0 aromatic rings. The summed E-state index contributed by atoms with van der Waals surface area (Å²) >= 11 is 0. The van der Waals surface area contributed by atoms with Gasteiger partial charge in [-0.3, -0.25) is 0 Å². The van der Waals surface area contributed by atoms with Crippen molar-refractivity contribution in [2.75, 3.05) is 6.61 Å². The van der Waals surface area contributed by atoms with Gasteiger partial charge in [-0.1, -0.05) is 31.8 Å². The summed E-state index contributed by atoms with van der Waals surface area (Å²) in [5.74, 6) is -0.120. The molecule has 3 nitrogen and oxygen atoms in total. The number of ether oxygens (including phenoxy) is 1. The van der Waals surface area contributed by atoms with Gasteiger partial charge in [0.05, 0.1) is 12.2 Å². The number of carbonyl (C=O) groups is 1. The summed E-state index contributed by atoms with van der Waals surface area (Å²) in [5.41, 5.74) is 2.01. The van der Waals surface area contributed by atoms with Crippen LogP contribution in [0.1, 0.15) is 78.1 Å². The van der Waals surface area contributed by atoms with Crippen molar-refractivity contribution in [3.05, 3.63) is 23.9 Å². The quantitative estimate of drug-likeness (QED) is 0.256. The maximum atomic E-state index is 12.1. The maximum Gasteiger partial charge on any atom is 0.335 e. The second-order valence-corrected chi connectivity index (χ2v) is 6.21. The number of unbranched alkanes of at least 4 members (excludes halogenated alkanes) is 6. The average Bonchev–Trinajstić information content (AvgIpc) is 2.92. The molecule has 1 aliphatic heterocycles. The van der Waals surface area contributed by atoms with Crippen molar-refractivity contribution in [3.63, 3.8) is 0 Å². The van der Waals surface area contributed by atoms with Crippen LogP contribution >= 0.6 is 0 Å². The first kappa shape index (κ1) is 18.8. The molecule has 126 valence electrons. The minimum absolute atomic E-state index is 0.120. The SMILES string of the molecule is C=CCCCCCCCC/C(C(=O)OCC)=C1\CCC(C)N1. The molecule has 1 fully saturated rings. The third kappa shape index (κ3) is 7.15. The Hall–Kier alpha value is -1.25. The minimum Gasteiger partial charge on any atom is -0.463 e. The normalized spacial score (nSPS) is 19.6. The van der Waals surface area contributed by atoms with Crippen molar-refractivity contribution in [2.45, 2.75) is 84.1 Å². The third-order valence-corrected chi connectivity index (χ3v) is 4.22. The number of carbonyl (C=O) groups excluding carboxylic acids is 1.